The predicted molar refractivity (Wildman–Crippen MR) is 169 cm³/mol. The molecule has 7 rings (SSSR count). The molecule has 3 amide bonds. The maximum Gasteiger partial charge on any atom is 0.409 e. The quantitative estimate of drug-likeness (QED) is 0.431. The summed E-state index contributed by atoms with van der Waals surface area (Å²) in [6.07, 6.45) is 11.7. The van der Waals surface area contributed by atoms with Gasteiger partial charge in [0.25, 0.3) is 0 Å². The number of hydrogen-bond donors (Lipinski definition) is 1. The van der Waals surface area contributed by atoms with Crippen molar-refractivity contribution in [3.05, 3.63) is 0 Å². The van der Waals surface area contributed by atoms with Crippen LogP contribution in [-0.2, 0) is 23.8 Å². The van der Waals surface area contributed by atoms with E-state index in [-0.39, 0.29) is 36.2 Å². The highest BCUT2D eigenvalue weighted by molar-refractivity contribution is 5.97. The topological polar surface area (TPSA) is 97.4 Å². The highest BCUT2D eigenvalue weighted by Gasteiger charge is 2.69. The van der Waals surface area contributed by atoms with E-state index >= 15 is 0 Å². The first-order chi connectivity index (χ1) is 21.5. The minimum Gasteiger partial charge on any atom is -0.453 e. The molecule has 2 unspecified atom stereocenters. The van der Waals surface area contributed by atoms with Gasteiger partial charge in [0.15, 0.2) is 5.79 Å². The van der Waals surface area contributed by atoms with Crippen LogP contribution in [0.2, 0.25) is 0 Å². The number of fused-ring (bicyclic) bond motifs is 7. The number of amides is 3. The Morgan fingerprint density at radius 3 is 2.31 bits per heavy atom. The van der Waals surface area contributed by atoms with E-state index in [1.165, 1.54) is 45.6 Å². The summed E-state index contributed by atoms with van der Waals surface area (Å²) >= 11 is 0. The molecule has 4 aliphatic carbocycles. The van der Waals surface area contributed by atoms with E-state index in [1.807, 2.05) is 0 Å². The number of hydrogen-bond acceptors (Lipinski definition) is 6. The van der Waals surface area contributed by atoms with Crippen molar-refractivity contribution in [1.82, 2.24) is 15.1 Å². The van der Waals surface area contributed by atoms with Crippen LogP contribution in [0, 0.1) is 52.3 Å². The monoisotopic (exact) mass is 627 g/mol. The van der Waals surface area contributed by atoms with E-state index in [1.54, 1.807) is 9.80 Å². The van der Waals surface area contributed by atoms with E-state index in [9.17, 15) is 14.4 Å². The summed E-state index contributed by atoms with van der Waals surface area (Å²) in [5.41, 5.74) is 0.669. The lowest BCUT2D eigenvalue weighted by Gasteiger charge is -2.61. The SMILES string of the molecule is COC(=O)N1CCN(C(=O)CC(=O)NC2CC[C@]3(C)C4CC[C@]5(C)[C@@H]6[C@H](C[C@H]5[C@@H]4CC[C@@H]3C2)O[C@]2(CC[C@H](C)CO2)[C@H]6C)CC1. The van der Waals surface area contributed by atoms with Gasteiger partial charge in [-0.25, -0.2) is 4.79 Å². The van der Waals surface area contributed by atoms with Crippen LogP contribution in [0.25, 0.3) is 0 Å². The smallest absolute Gasteiger partial charge is 0.409 e. The van der Waals surface area contributed by atoms with E-state index in [4.69, 9.17) is 14.2 Å². The third kappa shape index (κ3) is 5.21. The van der Waals surface area contributed by atoms with Crippen LogP contribution >= 0.6 is 0 Å². The first kappa shape index (κ1) is 31.7. The predicted octanol–water partition coefficient (Wildman–Crippen LogP) is 5.22. The van der Waals surface area contributed by atoms with Crippen molar-refractivity contribution in [2.24, 2.45) is 52.3 Å². The number of nitrogens with zero attached hydrogens (tertiary/aromatic N) is 2. The molecular weight excluding hydrogens is 570 g/mol. The summed E-state index contributed by atoms with van der Waals surface area (Å²) in [5, 5.41) is 3.25. The van der Waals surface area contributed by atoms with Crippen LogP contribution in [0.15, 0.2) is 0 Å². The first-order valence-corrected chi connectivity index (χ1v) is 18.2. The molecule has 0 aromatic carbocycles. The van der Waals surface area contributed by atoms with E-state index in [2.05, 4.69) is 33.0 Å². The molecule has 0 aromatic heterocycles. The molecule has 0 bridgehead atoms. The second-order valence-corrected chi connectivity index (χ2v) is 16.7. The summed E-state index contributed by atoms with van der Waals surface area (Å²) < 4.78 is 18.3. The lowest BCUT2D eigenvalue weighted by Crippen LogP contribution is -2.56. The molecule has 3 heterocycles. The van der Waals surface area contributed by atoms with Crippen LogP contribution in [0.4, 0.5) is 4.79 Å². The number of piperazine rings is 1. The minimum absolute atomic E-state index is 0.115. The van der Waals surface area contributed by atoms with Gasteiger partial charge >= 0.3 is 6.09 Å². The van der Waals surface area contributed by atoms with Crippen LogP contribution in [0.3, 0.4) is 0 Å². The third-order valence-corrected chi connectivity index (χ3v) is 14.7. The maximum absolute atomic E-state index is 13.0. The molecule has 45 heavy (non-hydrogen) atoms. The fourth-order valence-corrected chi connectivity index (χ4v) is 12.2. The van der Waals surface area contributed by atoms with Gasteiger partial charge in [0.1, 0.15) is 6.42 Å². The van der Waals surface area contributed by atoms with Gasteiger partial charge in [-0.15, -0.1) is 0 Å². The lowest BCUT2D eigenvalue weighted by molar-refractivity contribution is -0.273. The Labute approximate surface area is 269 Å². The summed E-state index contributed by atoms with van der Waals surface area (Å²) in [6, 6.07) is 0.152. The molecule has 12 atom stereocenters. The van der Waals surface area contributed by atoms with Crippen molar-refractivity contribution in [3.63, 3.8) is 0 Å². The molecule has 7 fully saturated rings. The zero-order chi connectivity index (χ0) is 31.7. The number of carbonyl (C=O) groups is 3. The van der Waals surface area contributed by atoms with Gasteiger partial charge in [0.2, 0.25) is 11.8 Å². The zero-order valence-electron chi connectivity index (χ0n) is 28.4. The van der Waals surface area contributed by atoms with Gasteiger partial charge in [-0.3, -0.25) is 9.59 Å². The molecule has 7 aliphatic rings. The molecule has 1 spiro atoms. The van der Waals surface area contributed by atoms with Gasteiger partial charge in [-0.05, 0) is 104 Å². The molecule has 0 radical (unpaired) electrons. The normalized spacial score (nSPS) is 47.4. The number of methoxy groups -OCH3 is 1. The average Bonchev–Trinajstić information content (AvgIpc) is 3.47. The molecule has 9 nitrogen and oxygen atoms in total. The van der Waals surface area contributed by atoms with Crippen molar-refractivity contribution < 1.29 is 28.6 Å². The number of ether oxygens (including phenoxy) is 3. The van der Waals surface area contributed by atoms with Crippen molar-refractivity contribution >= 4 is 17.9 Å². The van der Waals surface area contributed by atoms with Crippen molar-refractivity contribution in [3.8, 4) is 0 Å². The standard InChI is InChI=1S/C36H57N3O6/c1-22-8-13-36(44-21-22)23(2)32-29(45-36)19-28-26-7-6-24-18-25(9-11-34(24,3)27(26)10-12-35(28,32)4)37-30(40)20-31(41)38-14-16-39(17-15-38)33(42)43-5/h22-29,32H,6-21H2,1-5H3,(H,37,40)/t22-,23-,24+,25?,26+,27?,28-,29-,32-,34-,35-,36+/m0/s1. The molecule has 252 valence electrons. The molecule has 0 aromatic rings. The number of rotatable bonds is 3. The molecule has 3 saturated heterocycles. The van der Waals surface area contributed by atoms with Crippen molar-refractivity contribution in [1.29, 1.82) is 0 Å². The Kier molecular flexibility index (Phi) is 8.23. The molecule has 1 N–H and O–H groups in total. The summed E-state index contributed by atoms with van der Waals surface area (Å²) in [6.45, 7) is 12.5. The summed E-state index contributed by atoms with van der Waals surface area (Å²) in [5.74, 6) is 3.94. The minimum atomic E-state index is -0.368. The van der Waals surface area contributed by atoms with Crippen LogP contribution in [0.1, 0.15) is 98.3 Å². The Morgan fingerprint density at radius 2 is 1.60 bits per heavy atom. The molecule has 3 aliphatic heterocycles. The Hall–Kier alpha value is -1.87. The zero-order valence-corrected chi connectivity index (χ0v) is 28.4. The van der Waals surface area contributed by atoms with Crippen LogP contribution < -0.4 is 5.32 Å². The highest BCUT2D eigenvalue weighted by atomic mass is 16.7. The third-order valence-electron chi connectivity index (χ3n) is 14.7. The average molecular weight is 628 g/mol. The lowest BCUT2D eigenvalue weighted by atomic mass is 9.44. The largest absolute Gasteiger partial charge is 0.453 e. The summed E-state index contributed by atoms with van der Waals surface area (Å²) in [4.78, 5) is 40.9. The maximum atomic E-state index is 13.0. The van der Waals surface area contributed by atoms with E-state index in [0.29, 0.717) is 66.8 Å². The van der Waals surface area contributed by atoms with Crippen molar-refractivity contribution in [2.45, 2.75) is 116 Å². The number of nitrogens with one attached hydrogen (secondary N) is 1. The first-order valence-electron chi connectivity index (χ1n) is 18.2. The van der Waals surface area contributed by atoms with Crippen molar-refractivity contribution in [2.75, 3.05) is 39.9 Å². The Bertz CT molecular complexity index is 1160. The molecule has 9 heteroatoms. The second kappa shape index (κ2) is 11.7. The van der Waals surface area contributed by atoms with E-state index < -0.39 is 0 Å². The Balaban J connectivity index is 0.937. The van der Waals surface area contributed by atoms with Crippen LogP contribution in [0.5, 0.6) is 0 Å². The van der Waals surface area contributed by atoms with Gasteiger partial charge < -0.3 is 29.3 Å². The van der Waals surface area contributed by atoms with Gasteiger partial charge in [-0.2, -0.15) is 0 Å². The summed E-state index contributed by atoms with van der Waals surface area (Å²) in [7, 11) is 1.37. The van der Waals surface area contributed by atoms with Crippen LogP contribution in [-0.4, -0.2) is 85.5 Å². The fraction of sp³-hybridized carbons (Fsp3) is 0.917. The fourth-order valence-electron chi connectivity index (χ4n) is 12.2. The molecule has 4 saturated carbocycles. The van der Waals surface area contributed by atoms with Gasteiger partial charge in [-0.1, -0.05) is 27.7 Å². The van der Waals surface area contributed by atoms with E-state index in [0.717, 1.165) is 50.0 Å². The number of carbonyl (C=O) groups excluding carboxylic acids is 3. The molecular formula is C36H57N3O6. The second-order valence-electron chi connectivity index (χ2n) is 16.7. The highest BCUT2D eigenvalue weighted by Crippen LogP contribution is 2.71. The van der Waals surface area contributed by atoms with Gasteiger partial charge in [0, 0.05) is 44.6 Å². The van der Waals surface area contributed by atoms with Gasteiger partial charge in [0.05, 0.1) is 19.8 Å². The Morgan fingerprint density at radius 1 is 0.867 bits per heavy atom.